The van der Waals surface area contributed by atoms with Crippen LogP contribution in [0.2, 0.25) is 0 Å². The Bertz CT molecular complexity index is 394. The van der Waals surface area contributed by atoms with Crippen molar-refractivity contribution >= 4 is 5.90 Å². The van der Waals surface area contributed by atoms with Crippen molar-refractivity contribution < 1.29 is 4.74 Å². The lowest BCUT2D eigenvalue weighted by atomic mass is 10.00. The molecule has 1 aliphatic rings. The molecule has 0 spiro atoms. The van der Waals surface area contributed by atoms with Crippen molar-refractivity contribution in [1.82, 2.24) is 0 Å². The molecule has 0 fully saturated rings. The molecular formula is C14H17NO. The van der Waals surface area contributed by atoms with Crippen LogP contribution in [0.25, 0.3) is 0 Å². The molecule has 2 rings (SSSR count). The molecular weight excluding hydrogens is 198 g/mol. The highest BCUT2D eigenvalue weighted by Crippen LogP contribution is 2.24. The Kier molecular flexibility index (Phi) is 3.09. The van der Waals surface area contributed by atoms with Gasteiger partial charge in [-0.05, 0) is 24.1 Å². The number of ether oxygens (including phenoxy) is 1. The van der Waals surface area contributed by atoms with Crippen LogP contribution in [0.5, 0.6) is 0 Å². The monoisotopic (exact) mass is 215 g/mol. The van der Waals surface area contributed by atoms with Crippen molar-refractivity contribution in [1.29, 1.82) is 0 Å². The van der Waals surface area contributed by atoms with Crippen LogP contribution in [0.15, 0.2) is 48.0 Å². The number of hydrogen-bond acceptors (Lipinski definition) is 2. The van der Waals surface area contributed by atoms with Gasteiger partial charge >= 0.3 is 0 Å². The van der Waals surface area contributed by atoms with Gasteiger partial charge < -0.3 is 4.74 Å². The van der Waals surface area contributed by atoms with E-state index in [-0.39, 0.29) is 12.1 Å². The second kappa shape index (κ2) is 4.52. The Morgan fingerprint density at radius 1 is 1.31 bits per heavy atom. The van der Waals surface area contributed by atoms with Crippen molar-refractivity contribution in [3.8, 4) is 0 Å². The molecule has 1 aromatic rings. The lowest BCUT2D eigenvalue weighted by molar-refractivity contribution is 0.219. The van der Waals surface area contributed by atoms with Crippen LogP contribution >= 0.6 is 0 Å². The van der Waals surface area contributed by atoms with Crippen LogP contribution in [0.3, 0.4) is 0 Å². The van der Waals surface area contributed by atoms with E-state index in [9.17, 15) is 0 Å². The Balaban J connectivity index is 2.25. The van der Waals surface area contributed by atoms with Crippen molar-refractivity contribution in [2.45, 2.75) is 26.0 Å². The molecule has 0 unspecified atom stereocenters. The molecule has 1 heterocycles. The zero-order valence-electron chi connectivity index (χ0n) is 9.76. The first-order valence-corrected chi connectivity index (χ1v) is 5.65. The van der Waals surface area contributed by atoms with E-state index in [0.717, 1.165) is 11.5 Å². The minimum Gasteiger partial charge on any atom is -0.468 e. The predicted octanol–water partition coefficient (Wildman–Crippen LogP) is 3.04. The fraction of sp³-hybridized carbons (Fsp3) is 0.357. The summed E-state index contributed by atoms with van der Waals surface area (Å²) in [7, 11) is 0. The number of hydrogen-bond donors (Lipinski definition) is 0. The van der Waals surface area contributed by atoms with Crippen molar-refractivity contribution in [3.63, 3.8) is 0 Å². The van der Waals surface area contributed by atoms with Gasteiger partial charge in [-0.25, -0.2) is 4.99 Å². The molecule has 0 amide bonds. The molecule has 2 atom stereocenters. The molecule has 2 nitrogen and oxygen atoms in total. The molecule has 0 aromatic heterocycles. The quantitative estimate of drug-likeness (QED) is 0.710. The summed E-state index contributed by atoms with van der Waals surface area (Å²) in [5, 5.41) is 0. The summed E-state index contributed by atoms with van der Waals surface area (Å²) in [4.78, 5) is 4.63. The molecule has 1 aromatic carbocycles. The fourth-order valence-electron chi connectivity index (χ4n) is 1.88. The lowest BCUT2D eigenvalue weighted by Gasteiger charge is -2.16. The molecule has 0 radical (unpaired) electrons. The van der Waals surface area contributed by atoms with E-state index >= 15 is 0 Å². The molecule has 0 saturated carbocycles. The van der Waals surface area contributed by atoms with Crippen LogP contribution in [-0.4, -0.2) is 18.0 Å². The zero-order valence-corrected chi connectivity index (χ0v) is 9.76. The fourth-order valence-corrected chi connectivity index (χ4v) is 1.88. The Hall–Kier alpha value is -1.57. The van der Waals surface area contributed by atoms with Gasteiger partial charge in [-0.1, -0.05) is 38.6 Å². The van der Waals surface area contributed by atoms with Crippen LogP contribution in [0, 0.1) is 5.92 Å². The van der Waals surface area contributed by atoms with Crippen LogP contribution in [-0.2, 0) is 4.74 Å². The van der Waals surface area contributed by atoms with E-state index in [1.165, 1.54) is 0 Å². The lowest BCUT2D eigenvalue weighted by Crippen LogP contribution is -2.24. The summed E-state index contributed by atoms with van der Waals surface area (Å²) >= 11 is 0. The van der Waals surface area contributed by atoms with E-state index < -0.39 is 0 Å². The summed E-state index contributed by atoms with van der Waals surface area (Å²) in [6.07, 6.45) is 1.85. The molecule has 16 heavy (non-hydrogen) atoms. The summed E-state index contributed by atoms with van der Waals surface area (Å²) in [6.45, 7) is 8.11. The molecule has 0 saturated heterocycles. The van der Waals surface area contributed by atoms with Gasteiger partial charge in [-0.15, -0.1) is 0 Å². The van der Waals surface area contributed by atoms with E-state index in [2.05, 4.69) is 25.4 Å². The van der Waals surface area contributed by atoms with E-state index in [4.69, 9.17) is 4.74 Å². The molecule has 1 aliphatic heterocycles. The maximum Gasteiger partial charge on any atom is 0.217 e. The minimum atomic E-state index is 0.00945. The van der Waals surface area contributed by atoms with Gasteiger partial charge in [0.05, 0.1) is 6.04 Å². The van der Waals surface area contributed by atoms with Crippen LogP contribution in [0.1, 0.15) is 19.4 Å². The second-order valence-corrected chi connectivity index (χ2v) is 4.35. The van der Waals surface area contributed by atoms with Gasteiger partial charge in [0, 0.05) is 5.56 Å². The van der Waals surface area contributed by atoms with Crippen molar-refractivity contribution in [2.75, 3.05) is 0 Å². The number of benzene rings is 1. The van der Waals surface area contributed by atoms with E-state index in [0.29, 0.717) is 5.92 Å². The van der Waals surface area contributed by atoms with Gasteiger partial charge in [0.2, 0.25) is 5.90 Å². The first kappa shape index (κ1) is 10.9. The third-order valence-electron chi connectivity index (χ3n) is 2.79. The number of rotatable bonds is 3. The average molecular weight is 215 g/mol. The highest BCUT2D eigenvalue weighted by molar-refractivity contribution is 5.95. The summed E-state index contributed by atoms with van der Waals surface area (Å²) < 4.78 is 5.80. The smallest absolute Gasteiger partial charge is 0.217 e. The second-order valence-electron chi connectivity index (χ2n) is 4.35. The summed E-state index contributed by atoms with van der Waals surface area (Å²) in [5.74, 6) is 1.20. The predicted molar refractivity (Wildman–Crippen MR) is 66.7 cm³/mol. The zero-order chi connectivity index (χ0) is 11.5. The van der Waals surface area contributed by atoms with Gasteiger partial charge in [0.15, 0.2) is 0 Å². The molecule has 2 heteroatoms. The van der Waals surface area contributed by atoms with E-state index in [1.54, 1.807) is 0 Å². The Morgan fingerprint density at radius 3 is 2.50 bits per heavy atom. The highest BCUT2D eigenvalue weighted by atomic mass is 16.5. The number of nitrogens with zero attached hydrogens (tertiary/aromatic N) is 1. The Morgan fingerprint density at radius 2 is 2.00 bits per heavy atom. The average Bonchev–Trinajstić information content (AvgIpc) is 2.74. The summed E-state index contributed by atoms with van der Waals surface area (Å²) in [6, 6.07) is 10.2. The third kappa shape index (κ3) is 2.01. The first-order chi connectivity index (χ1) is 7.72. The van der Waals surface area contributed by atoms with Crippen LogP contribution < -0.4 is 0 Å². The van der Waals surface area contributed by atoms with E-state index in [1.807, 2.05) is 36.4 Å². The van der Waals surface area contributed by atoms with Gasteiger partial charge in [0.25, 0.3) is 0 Å². The normalized spacial score (nSPS) is 24.1. The minimum absolute atomic E-state index is 0.00945. The molecule has 0 aliphatic carbocycles. The van der Waals surface area contributed by atoms with Gasteiger partial charge in [-0.3, -0.25) is 0 Å². The topological polar surface area (TPSA) is 21.6 Å². The molecule has 0 N–H and O–H groups in total. The van der Waals surface area contributed by atoms with Gasteiger partial charge in [0.1, 0.15) is 6.10 Å². The van der Waals surface area contributed by atoms with Crippen LogP contribution in [0.4, 0.5) is 0 Å². The molecule has 0 bridgehead atoms. The number of aliphatic imine (C=N–C) groups is 1. The largest absolute Gasteiger partial charge is 0.468 e. The first-order valence-electron chi connectivity index (χ1n) is 5.65. The maximum absolute atomic E-state index is 5.80. The molecule has 84 valence electrons. The standard InChI is InChI=1S/C14H17NO/c1-4-12-13(10(2)3)15-14(16-12)11-8-6-5-7-9-11/h4-10,12-13H,1H2,2-3H3/t12-,13-/m0/s1. The maximum atomic E-state index is 5.80. The van der Waals surface area contributed by atoms with Gasteiger partial charge in [-0.2, -0.15) is 0 Å². The van der Waals surface area contributed by atoms with Crippen molar-refractivity contribution in [2.24, 2.45) is 10.9 Å². The Labute approximate surface area is 96.7 Å². The summed E-state index contributed by atoms with van der Waals surface area (Å²) in [5.41, 5.74) is 1.04. The van der Waals surface area contributed by atoms with Crippen molar-refractivity contribution in [3.05, 3.63) is 48.6 Å². The SMILES string of the molecule is C=C[C@@H]1OC(c2ccccc2)=N[C@H]1C(C)C. The highest BCUT2D eigenvalue weighted by Gasteiger charge is 2.31. The third-order valence-corrected chi connectivity index (χ3v) is 2.79.